The van der Waals surface area contributed by atoms with E-state index in [2.05, 4.69) is 4.98 Å². The third-order valence-electron chi connectivity index (χ3n) is 4.92. The molecule has 1 aromatic rings. The lowest BCUT2D eigenvalue weighted by molar-refractivity contribution is -0.0720. The number of carbonyl (C=O) groups is 1. The zero-order valence-electron chi connectivity index (χ0n) is 14.3. The van der Waals surface area contributed by atoms with Crippen molar-refractivity contribution in [2.45, 2.75) is 30.8 Å². The minimum Gasteiger partial charge on any atom is -0.481 e. The summed E-state index contributed by atoms with van der Waals surface area (Å²) in [5, 5.41) is 10.8. The Balaban J connectivity index is 1.57. The highest BCUT2D eigenvalue weighted by Gasteiger charge is 2.42. The molecule has 6 nitrogen and oxygen atoms in total. The summed E-state index contributed by atoms with van der Waals surface area (Å²) >= 11 is 0. The van der Waals surface area contributed by atoms with Gasteiger partial charge in [0.2, 0.25) is 5.88 Å². The fourth-order valence-electron chi connectivity index (χ4n) is 3.42. The fourth-order valence-corrected chi connectivity index (χ4v) is 3.42. The molecule has 0 unspecified atom stereocenters. The van der Waals surface area contributed by atoms with Crippen molar-refractivity contribution in [3.8, 4) is 5.88 Å². The van der Waals surface area contributed by atoms with Crippen LogP contribution < -0.4 is 4.74 Å². The van der Waals surface area contributed by atoms with Gasteiger partial charge in [0, 0.05) is 51.3 Å². The zero-order valence-corrected chi connectivity index (χ0v) is 14.3. The van der Waals surface area contributed by atoms with E-state index in [-0.39, 0.29) is 38.4 Å². The van der Waals surface area contributed by atoms with Crippen LogP contribution in [-0.4, -0.2) is 77.2 Å². The van der Waals surface area contributed by atoms with Crippen molar-refractivity contribution in [2.75, 3.05) is 39.8 Å². The van der Waals surface area contributed by atoms with Crippen LogP contribution in [-0.2, 0) is 0 Å². The van der Waals surface area contributed by atoms with E-state index in [0.29, 0.717) is 31.0 Å². The van der Waals surface area contributed by atoms with Crippen LogP contribution in [0.5, 0.6) is 5.88 Å². The number of alkyl halides is 2. The number of hydrogen-bond acceptors (Lipinski definition) is 5. The molecule has 2 aliphatic rings. The van der Waals surface area contributed by atoms with Crippen LogP contribution >= 0.6 is 0 Å². The van der Waals surface area contributed by atoms with Crippen LogP contribution in [0.25, 0.3) is 0 Å². The number of methoxy groups -OCH3 is 1. The quantitative estimate of drug-likeness (QED) is 0.884. The molecule has 0 saturated carbocycles. The molecule has 1 N–H and O–H groups in total. The first-order valence-electron chi connectivity index (χ1n) is 8.42. The van der Waals surface area contributed by atoms with Crippen LogP contribution in [0.1, 0.15) is 29.6 Å². The maximum Gasteiger partial charge on any atom is 0.255 e. The molecule has 1 amide bonds. The average molecular weight is 355 g/mol. The van der Waals surface area contributed by atoms with Gasteiger partial charge in [-0.3, -0.25) is 9.69 Å². The molecule has 0 radical (unpaired) electrons. The van der Waals surface area contributed by atoms with Crippen molar-refractivity contribution in [3.63, 3.8) is 0 Å². The van der Waals surface area contributed by atoms with Crippen molar-refractivity contribution in [1.82, 2.24) is 14.8 Å². The summed E-state index contributed by atoms with van der Waals surface area (Å²) in [5.41, 5.74) is -0.620. The van der Waals surface area contributed by atoms with E-state index in [0.717, 1.165) is 0 Å². The molecule has 3 heterocycles. The van der Waals surface area contributed by atoms with Crippen molar-refractivity contribution < 1.29 is 23.4 Å². The number of piperidine rings is 1. The van der Waals surface area contributed by atoms with E-state index in [9.17, 15) is 18.7 Å². The first kappa shape index (κ1) is 18.0. The summed E-state index contributed by atoms with van der Waals surface area (Å²) in [4.78, 5) is 20.0. The largest absolute Gasteiger partial charge is 0.481 e. The van der Waals surface area contributed by atoms with Crippen molar-refractivity contribution >= 4 is 5.91 Å². The molecule has 0 bridgehead atoms. The highest BCUT2D eigenvalue weighted by atomic mass is 19.3. The van der Waals surface area contributed by atoms with E-state index in [1.54, 1.807) is 17.0 Å². The normalized spacial score (nSPS) is 26.6. The van der Waals surface area contributed by atoms with Gasteiger partial charge in [-0.1, -0.05) is 0 Å². The van der Waals surface area contributed by atoms with Gasteiger partial charge in [-0.25, -0.2) is 13.8 Å². The zero-order chi connectivity index (χ0) is 18.1. The monoisotopic (exact) mass is 355 g/mol. The van der Waals surface area contributed by atoms with Gasteiger partial charge < -0.3 is 14.7 Å². The van der Waals surface area contributed by atoms with Crippen LogP contribution in [0.3, 0.4) is 0 Å². The Morgan fingerprint density at radius 3 is 2.60 bits per heavy atom. The first-order chi connectivity index (χ1) is 11.8. The van der Waals surface area contributed by atoms with Gasteiger partial charge in [0.05, 0.1) is 24.8 Å². The van der Waals surface area contributed by atoms with E-state index in [1.807, 2.05) is 4.90 Å². The van der Waals surface area contributed by atoms with Crippen molar-refractivity contribution in [3.05, 3.63) is 23.9 Å². The SMILES string of the molecule is COc1ccc(C(=O)N2CC[C@](O)(CN3CCC(F)(F)CC3)C2)cn1. The van der Waals surface area contributed by atoms with Gasteiger partial charge in [0.1, 0.15) is 0 Å². The first-order valence-corrected chi connectivity index (χ1v) is 8.42. The fraction of sp³-hybridized carbons (Fsp3) is 0.647. The van der Waals surface area contributed by atoms with Gasteiger partial charge in [-0.15, -0.1) is 0 Å². The van der Waals surface area contributed by atoms with Gasteiger partial charge in [0.25, 0.3) is 11.8 Å². The number of nitrogens with zero attached hydrogens (tertiary/aromatic N) is 3. The summed E-state index contributed by atoms with van der Waals surface area (Å²) in [6, 6.07) is 3.25. The maximum atomic E-state index is 13.2. The summed E-state index contributed by atoms with van der Waals surface area (Å²) in [7, 11) is 1.50. The average Bonchev–Trinajstić information content (AvgIpc) is 2.98. The van der Waals surface area contributed by atoms with Crippen LogP contribution in [0.15, 0.2) is 18.3 Å². The third kappa shape index (κ3) is 4.24. The van der Waals surface area contributed by atoms with Crippen LogP contribution in [0.4, 0.5) is 8.78 Å². The Morgan fingerprint density at radius 1 is 1.28 bits per heavy atom. The molecule has 0 aromatic carbocycles. The lowest BCUT2D eigenvalue weighted by Gasteiger charge is -2.36. The second kappa shape index (κ2) is 6.84. The Bertz CT molecular complexity index is 616. The van der Waals surface area contributed by atoms with Crippen molar-refractivity contribution in [2.24, 2.45) is 0 Å². The molecule has 0 aliphatic carbocycles. The number of aromatic nitrogens is 1. The van der Waals surface area contributed by atoms with E-state index in [1.165, 1.54) is 13.3 Å². The summed E-state index contributed by atoms with van der Waals surface area (Å²) < 4.78 is 31.5. The number of likely N-dealkylation sites (tertiary alicyclic amines) is 2. The van der Waals surface area contributed by atoms with Crippen LogP contribution in [0, 0.1) is 0 Å². The lowest BCUT2D eigenvalue weighted by atomic mass is 10.00. The molecule has 2 saturated heterocycles. The number of amides is 1. The maximum absolute atomic E-state index is 13.2. The minimum atomic E-state index is -2.60. The molecule has 1 aromatic heterocycles. The topological polar surface area (TPSA) is 65.9 Å². The smallest absolute Gasteiger partial charge is 0.255 e. The number of halogens is 2. The van der Waals surface area contributed by atoms with E-state index >= 15 is 0 Å². The Hall–Kier alpha value is -1.80. The number of ether oxygens (including phenoxy) is 1. The number of hydrogen-bond donors (Lipinski definition) is 1. The summed E-state index contributed by atoms with van der Waals surface area (Å²) in [6.07, 6.45) is 1.53. The standard InChI is InChI=1S/C17H23F2N3O3/c1-25-14-3-2-13(10-20-14)15(23)22-9-4-16(24,12-22)11-21-7-5-17(18,19)6-8-21/h2-3,10,24H,4-9,11-12H2,1H3/t16-/m0/s1. The van der Waals surface area contributed by atoms with E-state index in [4.69, 9.17) is 4.74 Å². The minimum absolute atomic E-state index is 0.177. The van der Waals surface area contributed by atoms with Crippen molar-refractivity contribution in [1.29, 1.82) is 0 Å². The third-order valence-corrected chi connectivity index (χ3v) is 4.92. The van der Waals surface area contributed by atoms with Crippen LogP contribution in [0.2, 0.25) is 0 Å². The second-order valence-electron chi connectivity index (χ2n) is 6.92. The molecule has 2 aliphatic heterocycles. The van der Waals surface area contributed by atoms with Gasteiger partial charge in [0.15, 0.2) is 0 Å². The Morgan fingerprint density at radius 2 is 2.00 bits per heavy atom. The number of carbonyl (C=O) groups excluding carboxylic acids is 1. The predicted octanol–water partition coefficient (Wildman–Crippen LogP) is 1.40. The number of pyridine rings is 1. The highest BCUT2D eigenvalue weighted by molar-refractivity contribution is 5.94. The predicted molar refractivity (Wildman–Crippen MR) is 86.9 cm³/mol. The molecule has 0 spiro atoms. The Kier molecular flexibility index (Phi) is 4.92. The number of β-amino-alcohol motifs (C(OH)–C–C–N with tert-alkyl or cyclic N) is 1. The molecular weight excluding hydrogens is 332 g/mol. The molecule has 8 heteroatoms. The Labute approximate surface area is 145 Å². The molecule has 3 rings (SSSR count). The second-order valence-corrected chi connectivity index (χ2v) is 6.92. The van der Waals surface area contributed by atoms with Gasteiger partial charge in [-0.2, -0.15) is 0 Å². The molecular formula is C17H23F2N3O3. The molecule has 1 atom stereocenters. The summed E-state index contributed by atoms with van der Waals surface area (Å²) in [5.74, 6) is -2.37. The number of aliphatic hydroxyl groups is 1. The molecule has 2 fully saturated rings. The molecule has 138 valence electrons. The van der Waals surface area contributed by atoms with E-state index < -0.39 is 11.5 Å². The highest BCUT2D eigenvalue weighted by Crippen LogP contribution is 2.30. The lowest BCUT2D eigenvalue weighted by Crippen LogP contribution is -2.49. The summed E-state index contributed by atoms with van der Waals surface area (Å²) in [6.45, 7) is 1.49. The van der Waals surface area contributed by atoms with Gasteiger partial charge >= 0.3 is 0 Å². The number of rotatable bonds is 4. The molecule has 25 heavy (non-hydrogen) atoms. The van der Waals surface area contributed by atoms with Gasteiger partial charge in [-0.05, 0) is 12.5 Å².